The van der Waals surface area contributed by atoms with E-state index >= 15 is 0 Å². The number of nitro benzene ring substituents is 2. The van der Waals surface area contributed by atoms with Crippen LogP contribution >= 0.6 is 0 Å². The van der Waals surface area contributed by atoms with Gasteiger partial charge < -0.3 is 0 Å². The van der Waals surface area contributed by atoms with E-state index in [-0.39, 0.29) is 51.4 Å². The molecular formula is C8H11KN2O4. The van der Waals surface area contributed by atoms with Crippen LogP contribution < -0.4 is 0 Å². The second kappa shape index (κ2) is 8.92. The summed E-state index contributed by atoms with van der Waals surface area (Å²) in [5.41, 5.74) is -0.968. The van der Waals surface area contributed by atoms with Crippen molar-refractivity contribution in [2.24, 2.45) is 0 Å². The number of para-hydroxylation sites is 2. The zero-order valence-corrected chi connectivity index (χ0v) is 7.84. The molecule has 0 unspecified atom stereocenters. The molecule has 1 aromatic carbocycles. The van der Waals surface area contributed by atoms with Gasteiger partial charge in [-0.1, -0.05) is 26.0 Å². The number of nitro groups is 2. The Morgan fingerprint density at radius 1 is 0.933 bits per heavy atom. The second-order valence-corrected chi connectivity index (χ2v) is 2.00. The van der Waals surface area contributed by atoms with Crippen LogP contribution in [-0.4, -0.2) is 61.2 Å². The minimum atomic E-state index is -0.780. The van der Waals surface area contributed by atoms with E-state index in [0.29, 0.717) is 0 Å². The third-order valence-electron chi connectivity index (χ3n) is 1.28. The fraction of sp³-hybridized carbons (Fsp3) is 0.250. The minimum absolute atomic E-state index is 0. The molecule has 0 aliphatic carbocycles. The van der Waals surface area contributed by atoms with Gasteiger partial charge in [0.05, 0.1) is 9.85 Å². The third-order valence-corrected chi connectivity index (χ3v) is 1.28. The van der Waals surface area contributed by atoms with Crippen molar-refractivity contribution in [2.75, 3.05) is 0 Å². The average Bonchev–Trinajstić information content (AvgIpc) is 2.20. The van der Waals surface area contributed by atoms with Crippen molar-refractivity contribution in [3.63, 3.8) is 0 Å². The van der Waals surface area contributed by atoms with E-state index in [1.807, 2.05) is 13.8 Å². The van der Waals surface area contributed by atoms with Crippen molar-refractivity contribution >= 4 is 62.8 Å². The fourth-order valence-electron chi connectivity index (χ4n) is 0.773. The van der Waals surface area contributed by atoms with Crippen molar-refractivity contribution in [1.29, 1.82) is 0 Å². The van der Waals surface area contributed by atoms with Crippen molar-refractivity contribution in [1.82, 2.24) is 0 Å². The molecule has 0 fully saturated rings. The monoisotopic (exact) mass is 238 g/mol. The van der Waals surface area contributed by atoms with E-state index in [1.165, 1.54) is 12.1 Å². The first kappa shape index (κ1) is 17.1. The molecule has 0 radical (unpaired) electrons. The Labute approximate surface area is 129 Å². The first-order chi connectivity index (χ1) is 6.63. The van der Waals surface area contributed by atoms with Gasteiger partial charge >= 0.3 is 62.8 Å². The topological polar surface area (TPSA) is 86.3 Å². The van der Waals surface area contributed by atoms with Crippen LogP contribution in [0.1, 0.15) is 13.8 Å². The Balaban J connectivity index is 0. The maximum atomic E-state index is 10.2. The van der Waals surface area contributed by atoms with Crippen LogP contribution in [0, 0.1) is 20.2 Å². The molecular weight excluding hydrogens is 227 g/mol. The van der Waals surface area contributed by atoms with Crippen LogP contribution in [0.2, 0.25) is 0 Å². The summed E-state index contributed by atoms with van der Waals surface area (Å²) in [6.07, 6.45) is 0. The molecule has 0 saturated heterocycles. The molecule has 0 bridgehead atoms. The number of benzene rings is 1. The molecule has 1 rings (SSSR count). The predicted octanol–water partition coefficient (Wildman–Crippen LogP) is 1.88. The summed E-state index contributed by atoms with van der Waals surface area (Å²) in [6, 6.07) is 4.95. The van der Waals surface area contributed by atoms with Gasteiger partial charge in [-0.3, -0.25) is 20.2 Å². The maximum absolute atomic E-state index is 10.2. The second-order valence-electron chi connectivity index (χ2n) is 2.00. The van der Waals surface area contributed by atoms with Crippen LogP contribution in [0.15, 0.2) is 24.3 Å². The van der Waals surface area contributed by atoms with Gasteiger partial charge in [0.1, 0.15) is 0 Å². The standard InChI is InChI=1S/C6H4N2O4.C2H6.K.H/c9-7(10)5-3-1-2-4-6(5)8(11)12;1-2;;/h1-4H;1-2H3;;. The Morgan fingerprint density at radius 2 is 1.20 bits per heavy atom. The van der Waals surface area contributed by atoms with Crippen LogP contribution in [0.5, 0.6) is 0 Å². The summed E-state index contributed by atoms with van der Waals surface area (Å²) < 4.78 is 0. The number of nitrogens with zero attached hydrogens (tertiary/aromatic N) is 2. The summed E-state index contributed by atoms with van der Waals surface area (Å²) in [5, 5.41) is 20.5. The molecule has 0 heterocycles. The van der Waals surface area contributed by atoms with Gasteiger partial charge in [-0.15, -0.1) is 0 Å². The summed E-state index contributed by atoms with van der Waals surface area (Å²) >= 11 is 0. The third kappa shape index (κ3) is 5.33. The zero-order valence-electron chi connectivity index (χ0n) is 7.84. The van der Waals surface area contributed by atoms with Crippen molar-refractivity contribution < 1.29 is 9.85 Å². The van der Waals surface area contributed by atoms with Gasteiger partial charge in [0.25, 0.3) is 0 Å². The Hall–Kier alpha value is -0.344. The Kier molecular flexibility index (Phi) is 10.2. The molecule has 1 aromatic rings. The van der Waals surface area contributed by atoms with Crippen LogP contribution in [0.25, 0.3) is 0 Å². The fourth-order valence-corrected chi connectivity index (χ4v) is 0.773. The van der Waals surface area contributed by atoms with E-state index in [0.717, 1.165) is 12.1 Å². The Morgan fingerprint density at radius 3 is 1.40 bits per heavy atom. The molecule has 0 aliphatic heterocycles. The summed E-state index contributed by atoms with van der Waals surface area (Å²) in [6.45, 7) is 4.00. The van der Waals surface area contributed by atoms with E-state index in [1.54, 1.807) is 0 Å². The van der Waals surface area contributed by atoms with Gasteiger partial charge in [-0.2, -0.15) is 0 Å². The van der Waals surface area contributed by atoms with Gasteiger partial charge in [0, 0.05) is 12.1 Å². The SMILES string of the molecule is CC.O=[N+]([O-])c1ccccc1[N+](=O)[O-].[KH]. The molecule has 15 heavy (non-hydrogen) atoms. The average molecular weight is 238 g/mol. The number of hydrogen-bond acceptors (Lipinski definition) is 4. The molecule has 0 N–H and O–H groups in total. The van der Waals surface area contributed by atoms with E-state index in [9.17, 15) is 20.2 Å². The van der Waals surface area contributed by atoms with Crippen LogP contribution in [0.3, 0.4) is 0 Å². The van der Waals surface area contributed by atoms with Crippen molar-refractivity contribution in [2.45, 2.75) is 13.8 Å². The van der Waals surface area contributed by atoms with Crippen molar-refractivity contribution in [3.05, 3.63) is 44.5 Å². The molecule has 0 atom stereocenters. The van der Waals surface area contributed by atoms with Gasteiger partial charge in [0.2, 0.25) is 0 Å². The van der Waals surface area contributed by atoms with Gasteiger partial charge in [0.15, 0.2) is 0 Å². The predicted molar refractivity (Wildman–Crippen MR) is 58.2 cm³/mol. The van der Waals surface area contributed by atoms with Crippen LogP contribution in [0.4, 0.5) is 11.4 Å². The first-order valence-electron chi connectivity index (χ1n) is 4.00. The van der Waals surface area contributed by atoms with Crippen LogP contribution in [-0.2, 0) is 0 Å². The summed E-state index contributed by atoms with van der Waals surface area (Å²) in [4.78, 5) is 18.9. The van der Waals surface area contributed by atoms with E-state index in [2.05, 4.69) is 0 Å². The molecule has 0 saturated carbocycles. The molecule has 0 amide bonds. The molecule has 78 valence electrons. The zero-order chi connectivity index (χ0) is 11.1. The first-order valence-corrected chi connectivity index (χ1v) is 4.00. The van der Waals surface area contributed by atoms with E-state index in [4.69, 9.17) is 0 Å². The molecule has 7 heteroatoms. The molecule has 0 aliphatic rings. The van der Waals surface area contributed by atoms with Gasteiger partial charge in [-0.25, -0.2) is 0 Å². The van der Waals surface area contributed by atoms with Crippen molar-refractivity contribution in [3.8, 4) is 0 Å². The summed E-state index contributed by atoms with van der Waals surface area (Å²) in [5.74, 6) is 0. The molecule has 6 nitrogen and oxygen atoms in total. The van der Waals surface area contributed by atoms with E-state index < -0.39 is 21.2 Å². The number of hydrogen-bond donors (Lipinski definition) is 0. The van der Waals surface area contributed by atoms with Gasteiger partial charge in [-0.05, 0) is 0 Å². The normalized spacial score (nSPS) is 7.87. The quantitative estimate of drug-likeness (QED) is 0.447. The Bertz CT molecular complexity index is 310. The molecule has 0 aromatic heterocycles. The summed E-state index contributed by atoms with van der Waals surface area (Å²) in [7, 11) is 0. The number of rotatable bonds is 2. The molecule has 0 spiro atoms.